The quantitative estimate of drug-likeness (QED) is 0.169. The topological polar surface area (TPSA) is 130 Å². The number of aliphatic hydroxyl groups is 2. The van der Waals surface area contributed by atoms with E-state index in [2.05, 4.69) is 0 Å². The molecule has 0 aliphatic carbocycles. The monoisotopic (exact) mass is 412 g/mol. The first-order chi connectivity index (χ1) is 14.5. The zero-order valence-corrected chi connectivity index (χ0v) is 15.9. The van der Waals surface area contributed by atoms with Crippen LogP contribution in [0.15, 0.2) is 60.2 Å². The molecule has 1 aliphatic rings. The van der Waals surface area contributed by atoms with Crippen LogP contribution in [-0.2, 0) is 14.3 Å². The molecule has 2 aromatic rings. The van der Waals surface area contributed by atoms with Crippen molar-refractivity contribution in [3.8, 4) is 0 Å². The molecule has 1 unspecified atom stereocenters. The Bertz CT molecular complexity index is 988. The number of nitro groups is 1. The second kappa shape index (κ2) is 9.29. The molecule has 1 amide bonds. The molecule has 0 spiro atoms. The second-order valence-corrected chi connectivity index (χ2v) is 6.55. The molecule has 0 bridgehead atoms. The third-order valence-electron chi connectivity index (χ3n) is 4.70. The van der Waals surface area contributed by atoms with Crippen LogP contribution in [0, 0.1) is 10.1 Å². The highest BCUT2D eigenvalue weighted by molar-refractivity contribution is 6.46. The fourth-order valence-corrected chi connectivity index (χ4v) is 3.34. The lowest BCUT2D eigenvalue weighted by molar-refractivity contribution is -0.384. The molecule has 156 valence electrons. The highest BCUT2D eigenvalue weighted by Crippen LogP contribution is 2.39. The molecule has 2 aromatic carbocycles. The number of carbonyl (C=O) groups excluding carboxylic acids is 2. The van der Waals surface area contributed by atoms with E-state index in [1.165, 1.54) is 23.1 Å². The summed E-state index contributed by atoms with van der Waals surface area (Å²) < 4.78 is 5.23. The fourth-order valence-electron chi connectivity index (χ4n) is 3.34. The molecular formula is C21H20N2O7. The van der Waals surface area contributed by atoms with E-state index in [0.29, 0.717) is 5.56 Å². The van der Waals surface area contributed by atoms with E-state index in [1.807, 2.05) is 0 Å². The Kier molecular flexibility index (Phi) is 6.55. The number of non-ortho nitro benzene ring substituents is 1. The van der Waals surface area contributed by atoms with E-state index in [-0.39, 0.29) is 43.2 Å². The van der Waals surface area contributed by atoms with Gasteiger partial charge in [-0.1, -0.05) is 42.5 Å². The predicted octanol–water partition coefficient (Wildman–Crippen LogP) is 2.03. The van der Waals surface area contributed by atoms with E-state index >= 15 is 0 Å². The second-order valence-electron chi connectivity index (χ2n) is 6.55. The first-order valence-electron chi connectivity index (χ1n) is 9.22. The maximum absolute atomic E-state index is 12.8. The van der Waals surface area contributed by atoms with Crippen molar-refractivity contribution in [2.24, 2.45) is 0 Å². The Morgan fingerprint density at radius 3 is 2.50 bits per heavy atom. The van der Waals surface area contributed by atoms with Crippen molar-refractivity contribution in [2.45, 2.75) is 6.04 Å². The van der Waals surface area contributed by atoms with Crippen LogP contribution in [0.5, 0.6) is 0 Å². The Labute approximate surface area is 172 Å². The van der Waals surface area contributed by atoms with Gasteiger partial charge in [-0.2, -0.15) is 0 Å². The maximum atomic E-state index is 12.8. The molecule has 0 saturated carbocycles. The van der Waals surface area contributed by atoms with Gasteiger partial charge < -0.3 is 19.8 Å². The number of nitrogens with zero attached hydrogens (tertiary/aromatic N) is 2. The first kappa shape index (κ1) is 21.2. The molecule has 1 aliphatic heterocycles. The van der Waals surface area contributed by atoms with Crippen LogP contribution in [0.2, 0.25) is 0 Å². The van der Waals surface area contributed by atoms with Gasteiger partial charge in [-0.05, 0) is 5.56 Å². The number of hydrogen-bond donors (Lipinski definition) is 2. The van der Waals surface area contributed by atoms with Gasteiger partial charge in [-0.15, -0.1) is 0 Å². The normalized spacial score (nSPS) is 18.0. The summed E-state index contributed by atoms with van der Waals surface area (Å²) in [7, 11) is 0. The summed E-state index contributed by atoms with van der Waals surface area (Å²) in [5.74, 6) is -2.16. The Morgan fingerprint density at radius 2 is 1.83 bits per heavy atom. The van der Waals surface area contributed by atoms with E-state index in [4.69, 9.17) is 9.84 Å². The standard InChI is InChI=1S/C21H20N2O7/c24-10-12-30-11-9-22-18(14-5-2-1-3-6-14)17(20(26)21(22)27)19(25)15-7-4-8-16(13-15)23(28)29/h1-8,13,18,24-25H,9-12H2/b19-17-. The molecule has 1 fully saturated rings. The van der Waals surface area contributed by atoms with Gasteiger partial charge >= 0.3 is 0 Å². The van der Waals surface area contributed by atoms with Crippen molar-refractivity contribution >= 4 is 23.1 Å². The number of amides is 1. The summed E-state index contributed by atoms with van der Waals surface area (Å²) in [6.45, 7) is 0.0743. The number of ketones is 1. The average molecular weight is 412 g/mol. The van der Waals surface area contributed by atoms with Crippen molar-refractivity contribution in [3.63, 3.8) is 0 Å². The molecule has 1 saturated heterocycles. The van der Waals surface area contributed by atoms with Gasteiger partial charge in [-0.25, -0.2) is 0 Å². The van der Waals surface area contributed by atoms with Crippen LogP contribution >= 0.6 is 0 Å². The van der Waals surface area contributed by atoms with Gasteiger partial charge in [0, 0.05) is 24.2 Å². The van der Waals surface area contributed by atoms with Crippen molar-refractivity contribution in [3.05, 3.63) is 81.4 Å². The molecular weight excluding hydrogens is 392 g/mol. The highest BCUT2D eigenvalue weighted by atomic mass is 16.6. The SMILES string of the molecule is O=C1C(=O)N(CCOCCO)C(c2ccccc2)/C1=C(/O)c1cccc([N+](=O)[O-])c1. The lowest BCUT2D eigenvalue weighted by Crippen LogP contribution is -2.33. The molecule has 0 aromatic heterocycles. The smallest absolute Gasteiger partial charge is 0.295 e. The number of nitro benzene ring substituents is 1. The molecule has 0 radical (unpaired) electrons. The summed E-state index contributed by atoms with van der Waals surface area (Å²) in [6, 6.07) is 13.1. The van der Waals surface area contributed by atoms with Crippen LogP contribution in [0.1, 0.15) is 17.2 Å². The van der Waals surface area contributed by atoms with Crippen LogP contribution < -0.4 is 0 Å². The summed E-state index contributed by atoms with van der Waals surface area (Å²) in [6.07, 6.45) is 0. The Morgan fingerprint density at radius 1 is 1.10 bits per heavy atom. The van der Waals surface area contributed by atoms with Crippen molar-refractivity contribution in [2.75, 3.05) is 26.4 Å². The van der Waals surface area contributed by atoms with Crippen LogP contribution in [-0.4, -0.2) is 58.1 Å². The molecule has 9 nitrogen and oxygen atoms in total. The highest BCUT2D eigenvalue weighted by Gasteiger charge is 2.45. The first-order valence-corrected chi connectivity index (χ1v) is 9.22. The number of carbonyl (C=O) groups is 2. The minimum atomic E-state index is -0.880. The Balaban J connectivity index is 2.07. The lowest BCUT2D eigenvalue weighted by atomic mass is 9.95. The van der Waals surface area contributed by atoms with Crippen molar-refractivity contribution < 1.29 is 29.5 Å². The molecule has 2 N–H and O–H groups in total. The fraction of sp³-hybridized carbons (Fsp3) is 0.238. The number of benzene rings is 2. The number of hydrogen-bond acceptors (Lipinski definition) is 7. The van der Waals surface area contributed by atoms with Gasteiger partial charge in [0.05, 0.1) is 36.4 Å². The molecule has 3 rings (SSSR count). The minimum absolute atomic E-state index is 0.0653. The van der Waals surface area contributed by atoms with Crippen molar-refractivity contribution in [1.82, 2.24) is 4.90 Å². The van der Waals surface area contributed by atoms with Gasteiger partial charge in [0.2, 0.25) is 0 Å². The van der Waals surface area contributed by atoms with Gasteiger partial charge in [0.15, 0.2) is 0 Å². The third-order valence-corrected chi connectivity index (χ3v) is 4.70. The lowest BCUT2D eigenvalue weighted by Gasteiger charge is -2.25. The number of Topliss-reactive ketones (excluding diaryl/α,β-unsaturated/α-hetero) is 1. The Hall–Kier alpha value is -3.56. The summed E-state index contributed by atoms with van der Waals surface area (Å²) in [4.78, 5) is 37.2. The summed E-state index contributed by atoms with van der Waals surface area (Å²) >= 11 is 0. The van der Waals surface area contributed by atoms with E-state index < -0.39 is 28.4 Å². The third kappa shape index (κ3) is 4.22. The zero-order chi connectivity index (χ0) is 21.7. The largest absolute Gasteiger partial charge is 0.507 e. The summed E-state index contributed by atoms with van der Waals surface area (Å²) in [5, 5.41) is 30.8. The summed E-state index contributed by atoms with van der Waals surface area (Å²) in [5.41, 5.74) is 0.279. The van der Waals surface area contributed by atoms with Crippen LogP contribution in [0.4, 0.5) is 5.69 Å². The molecule has 30 heavy (non-hydrogen) atoms. The van der Waals surface area contributed by atoms with Crippen molar-refractivity contribution in [1.29, 1.82) is 0 Å². The van der Waals surface area contributed by atoms with Crippen LogP contribution in [0.3, 0.4) is 0 Å². The predicted molar refractivity (Wildman–Crippen MR) is 106 cm³/mol. The van der Waals surface area contributed by atoms with E-state index in [0.717, 1.165) is 6.07 Å². The number of aliphatic hydroxyl groups excluding tert-OH is 2. The van der Waals surface area contributed by atoms with Crippen LogP contribution in [0.25, 0.3) is 5.76 Å². The average Bonchev–Trinajstić information content (AvgIpc) is 3.01. The molecule has 1 heterocycles. The molecule has 1 atom stereocenters. The minimum Gasteiger partial charge on any atom is -0.507 e. The number of ether oxygens (including phenoxy) is 1. The van der Waals surface area contributed by atoms with Gasteiger partial charge in [-0.3, -0.25) is 19.7 Å². The van der Waals surface area contributed by atoms with E-state index in [9.17, 15) is 24.8 Å². The van der Waals surface area contributed by atoms with E-state index in [1.54, 1.807) is 30.3 Å². The number of likely N-dealkylation sites (tertiary alicyclic amines) is 1. The van der Waals surface area contributed by atoms with Gasteiger partial charge in [0.25, 0.3) is 17.4 Å². The zero-order valence-electron chi connectivity index (χ0n) is 15.9. The number of rotatable bonds is 8. The maximum Gasteiger partial charge on any atom is 0.295 e. The van der Waals surface area contributed by atoms with Gasteiger partial charge in [0.1, 0.15) is 5.76 Å². The molecule has 9 heteroatoms.